The molecule has 0 aliphatic heterocycles. The molecule has 7 nitrogen and oxygen atoms in total. The Hall–Kier alpha value is -3.26. The number of hydrogen-bond acceptors (Lipinski definition) is 4. The van der Waals surface area contributed by atoms with E-state index in [2.05, 4.69) is 20.3 Å². The molecular formula is C20H20FN5O2. The monoisotopic (exact) mass is 381 g/mol. The number of H-pyrrole nitrogens is 1. The lowest BCUT2D eigenvalue weighted by Crippen LogP contribution is -2.12. The highest BCUT2D eigenvalue weighted by Crippen LogP contribution is 2.23. The molecule has 4 rings (SSSR count). The number of amides is 1. The van der Waals surface area contributed by atoms with Gasteiger partial charge in [0.2, 0.25) is 5.91 Å². The zero-order valence-electron chi connectivity index (χ0n) is 15.5. The molecule has 144 valence electrons. The van der Waals surface area contributed by atoms with Gasteiger partial charge in [-0.05, 0) is 43.3 Å². The Labute approximate surface area is 160 Å². The second-order valence-corrected chi connectivity index (χ2v) is 6.80. The second-order valence-electron chi connectivity index (χ2n) is 6.80. The van der Waals surface area contributed by atoms with Gasteiger partial charge < -0.3 is 20.0 Å². The fraction of sp³-hybridized carbons (Fsp3) is 0.250. The number of imidazole rings is 2. The molecule has 0 aliphatic carbocycles. The Balaban J connectivity index is 1.44. The van der Waals surface area contributed by atoms with Gasteiger partial charge in [-0.3, -0.25) is 4.79 Å². The number of anilines is 1. The first kappa shape index (κ1) is 18.1. The van der Waals surface area contributed by atoms with Gasteiger partial charge >= 0.3 is 0 Å². The van der Waals surface area contributed by atoms with Crippen LogP contribution in [0.25, 0.3) is 22.1 Å². The number of benzene rings is 2. The number of rotatable bonds is 5. The molecular weight excluding hydrogens is 361 g/mol. The number of aryl methyl sites for hydroxylation is 2. The zero-order valence-corrected chi connectivity index (χ0v) is 15.5. The highest BCUT2D eigenvalue weighted by atomic mass is 19.1. The zero-order chi connectivity index (χ0) is 19.8. The Bertz CT molecular complexity index is 1180. The van der Waals surface area contributed by atoms with Crippen molar-refractivity contribution >= 4 is 33.7 Å². The number of aliphatic hydroxyl groups excluding tert-OH is 1. The summed E-state index contributed by atoms with van der Waals surface area (Å²) in [5.41, 5.74) is 3.51. The van der Waals surface area contributed by atoms with Crippen LogP contribution in [0.15, 0.2) is 36.4 Å². The van der Waals surface area contributed by atoms with E-state index < -0.39 is 6.10 Å². The third kappa shape index (κ3) is 3.46. The number of aromatic nitrogens is 4. The predicted octanol–water partition coefficient (Wildman–Crippen LogP) is 3.21. The highest BCUT2D eigenvalue weighted by molar-refractivity contribution is 5.93. The molecule has 2 aromatic carbocycles. The summed E-state index contributed by atoms with van der Waals surface area (Å²) in [5, 5.41) is 12.6. The number of aromatic amines is 1. The standard InChI is InChI=1S/C20H20FN5O2/c1-11(27)20-25-16-10-13(4-6-17(16)26(20)2)22-19(28)8-7-18-23-14-5-3-12(21)9-15(14)24-18/h3-6,9-11,27H,7-8H2,1-2H3,(H,22,28)(H,23,24). The fourth-order valence-electron chi connectivity index (χ4n) is 3.28. The van der Waals surface area contributed by atoms with Crippen molar-refractivity contribution in [1.29, 1.82) is 0 Å². The van der Waals surface area contributed by atoms with Crippen LogP contribution < -0.4 is 5.32 Å². The first-order valence-corrected chi connectivity index (χ1v) is 8.99. The molecule has 3 N–H and O–H groups in total. The van der Waals surface area contributed by atoms with Crippen LogP contribution in [0.4, 0.5) is 10.1 Å². The van der Waals surface area contributed by atoms with Crippen LogP contribution in [0.2, 0.25) is 0 Å². The maximum Gasteiger partial charge on any atom is 0.224 e. The van der Waals surface area contributed by atoms with Crippen molar-refractivity contribution in [2.24, 2.45) is 7.05 Å². The van der Waals surface area contributed by atoms with E-state index in [1.807, 2.05) is 17.7 Å². The Morgan fingerprint density at radius 1 is 1.25 bits per heavy atom. The summed E-state index contributed by atoms with van der Waals surface area (Å²) in [5.74, 6) is 0.721. The van der Waals surface area contributed by atoms with Crippen LogP contribution in [-0.4, -0.2) is 30.5 Å². The Morgan fingerprint density at radius 3 is 2.86 bits per heavy atom. The molecule has 1 atom stereocenters. The smallest absolute Gasteiger partial charge is 0.224 e. The van der Waals surface area contributed by atoms with E-state index in [0.717, 1.165) is 5.52 Å². The van der Waals surface area contributed by atoms with Crippen molar-refractivity contribution in [3.05, 3.63) is 53.9 Å². The number of aliphatic hydroxyl groups is 1. The van der Waals surface area contributed by atoms with E-state index >= 15 is 0 Å². The van der Waals surface area contributed by atoms with Crippen LogP contribution >= 0.6 is 0 Å². The lowest BCUT2D eigenvalue weighted by Gasteiger charge is -2.05. The van der Waals surface area contributed by atoms with Crippen LogP contribution in [0.1, 0.15) is 31.1 Å². The number of carbonyl (C=O) groups is 1. The number of fused-ring (bicyclic) bond motifs is 2. The highest BCUT2D eigenvalue weighted by Gasteiger charge is 2.13. The van der Waals surface area contributed by atoms with Gasteiger partial charge in [0.05, 0.1) is 22.1 Å². The summed E-state index contributed by atoms with van der Waals surface area (Å²) in [6.07, 6.45) is -0.0190. The van der Waals surface area contributed by atoms with Crippen LogP contribution in [0.5, 0.6) is 0 Å². The van der Waals surface area contributed by atoms with Gasteiger partial charge in [-0.25, -0.2) is 14.4 Å². The number of nitrogens with one attached hydrogen (secondary N) is 2. The average Bonchev–Trinajstić information content (AvgIpc) is 3.20. The maximum absolute atomic E-state index is 13.3. The SMILES string of the molecule is CC(O)c1nc2cc(NC(=O)CCc3nc4ccc(F)cc4[nH]3)ccc2n1C. The molecule has 1 unspecified atom stereocenters. The van der Waals surface area contributed by atoms with Gasteiger partial charge in [0.1, 0.15) is 23.6 Å². The first-order valence-electron chi connectivity index (χ1n) is 8.99. The van der Waals surface area contributed by atoms with Crippen molar-refractivity contribution in [3.8, 4) is 0 Å². The maximum atomic E-state index is 13.3. The Kier molecular flexibility index (Phi) is 4.56. The number of carbonyl (C=O) groups excluding carboxylic acids is 1. The summed E-state index contributed by atoms with van der Waals surface area (Å²) < 4.78 is 15.1. The molecule has 8 heteroatoms. The van der Waals surface area contributed by atoms with Crippen molar-refractivity contribution < 1.29 is 14.3 Å². The lowest BCUT2D eigenvalue weighted by atomic mass is 10.2. The minimum Gasteiger partial charge on any atom is -0.385 e. The second kappa shape index (κ2) is 7.05. The van der Waals surface area contributed by atoms with Gasteiger partial charge in [-0.2, -0.15) is 0 Å². The van der Waals surface area contributed by atoms with Gasteiger partial charge in [-0.1, -0.05) is 0 Å². The molecule has 0 bridgehead atoms. The third-order valence-electron chi connectivity index (χ3n) is 4.65. The minimum absolute atomic E-state index is 0.155. The summed E-state index contributed by atoms with van der Waals surface area (Å²) >= 11 is 0. The lowest BCUT2D eigenvalue weighted by molar-refractivity contribution is -0.116. The van der Waals surface area contributed by atoms with Crippen molar-refractivity contribution in [3.63, 3.8) is 0 Å². The van der Waals surface area contributed by atoms with Gasteiger partial charge in [0.15, 0.2) is 0 Å². The summed E-state index contributed by atoms with van der Waals surface area (Å²) in [6, 6.07) is 9.79. The van der Waals surface area contributed by atoms with E-state index in [9.17, 15) is 14.3 Å². The van der Waals surface area contributed by atoms with E-state index in [1.165, 1.54) is 12.1 Å². The minimum atomic E-state index is -0.673. The van der Waals surface area contributed by atoms with E-state index in [4.69, 9.17) is 0 Å². The van der Waals surface area contributed by atoms with Crippen LogP contribution in [0, 0.1) is 5.82 Å². The molecule has 0 spiro atoms. The molecule has 1 amide bonds. The van der Waals surface area contributed by atoms with Crippen LogP contribution in [-0.2, 0) is 18.3 Å². The molecule has 4 aromatic rings. The topological polar surface area (TPSA) is 95.8 Å². The molecule has 2 aromatic heterocycles. The van der Waals surface area contributed by atoms with Crippen molar-refractivity contribution in [1.82, 2.24) is 19.5 Å². The third-order valence-corrected chi connectivity index (χ3v) is 4.65. The largest absolute Gasteiger partial charge is 0.385 e. The number of halogens is 1. The van der Waals surface area contributed by atoms with Gasteiger partial charge in [0, 0.05) is 25.6 Å². The fourth-order valence-corrected chi connectivity index (χ4v) is 3.28. The summed E-state index contributed by atoms with van der Waals surface area (Å²) in [4.78, 5) is 24.1. The molecule has 0 saturated heterocycles. The van der Waals surface area contributed by atoms with Crippen LogP contribution in [0.3, 0.4) is 0 Å². The quantitative estimate of drug-likeness (QED) is 0.495. The van der Waals surface area contributed by atoms with E-state index in [1.54, 1.807) is 25.1 Å². The molecule has 2 heterocycles. The normalized spacial score (nSPS) is 12.6. The van der Waals surface area contributed by atoms with E-state index in [0.29, 0.717) is 40.3 Å². The van der Waals surface area contributed by atoms with Crippen molar-refractivity contribution in [2.45, 2.75) is 25.9 Å². The number of nitrogens with zero attached hydrogens (tertiary/aromatic N) is 3. The van der Waals surface area contributed by atoms with Crippen molar-refractivity contribution in [2.75, 3.05) is 5.32 Å². The molecule has 0 radical (unpaired) electrons. The van der Waals surface area contributed by atoms with Gasteiger partial charge in [-0.15, -0.1) is 0 Å². The van der Waals surface area contributed by atoms with E-state index in [-0.39, 0.29) is 18.1 Å². The first-order chi connectivity index (χ1) is 13.4. The summed E-state index contributed by atoms with van der Waals surface area (Å²) in [6.45, 7) is 1.66. The summed E-state index contributed by atoms with van der Waals surface area (Å²) in [7, 11) is 1.84. The predicted molar refractivity (Wildman–Crippen MR) is 104 cm³/mol. The molecule has 28 heavy (non-hydrogen) atoms. The molecule has 0 saturated carbocycles. The Morgan fingerprint density at radius 2 is 2.07 bits per heavy atom. The van der Waals surface area contributed by atoms with Gasteiger partial charge in [0.25, 0.3) is 0 Å². The molecule has 0 aliphatic rings. The number of hydrogen-bond donors (Lipinski definition) is 3. The average molecular weight is 381 g/mol. The molecule has 0 fully saturated rings.